The van der Waals surface area contributed by atoms with E-state index < -0.39 is 16.0 Å². The van der Waals surface area contributed by atoms with E-state index in [1.807, 2.05) is 13.8 Å². The number of aromatic carboxylic acids is 1. The number of carboxylic acids is 1. The van der Waals surface area contributed by atoms with Gasteiger partial charge < -0.3 is 10.1 Å². The highest BCUT2D eigenvalue weighted by Gasteiger charge is 2.34. The van der Waals surface area contributed by atoms with Crippen molar-refractivity contribution in [1.29, 1.82) is 0 Å². The topological polar surface area (TPSA) is 90.5 Å². The Morgan fingerprint density at radius 1 is 1.43 bits per heavy atom. The van der Waals surface area contributed by atoms with Crippen molar-refractivity contribution >= 4 is 16.0 Å². The predicted molar refractivity (Wildman–Crippen MR) is 78.7 cm³/mol. The number of carboxylic acid groups (broad SMARTS) is 1. The first kappa shape index (κ1) is 16.0. The first-order valence-electron chi connectivity index (χ1n) is 7.26. The lowest BCUT2D eigenvalue weighted by molar-refractivity contribution is 0.0691. The van der Waals surface area contributed by atoms with Gasteiger partial charge in [-0.25, -0.2) is 13.2 Å². The second-order valence-corrected chi connectivity index (χ2v) is 7.85. The molecule has 0 spiro atoms. The van der Waals surface area contributed by atoms with Gasteiger partial charge in [0.15, 0.2) is 0 Å². The molecule has 0 bridgehead atoms. The molecule has 7 heteroatoms. The van der Waals surface area contributed by atoms with Crippen LogP contribution in [0.2, 0.25) is 0 Å². The molecule has 0 unspecified atom stereocenters. The van der Waals surface area contributed by atoms with Gasteiger partial charge in [0.1, 0.15) is 10.6 Å². The molecule has 0 atom stereocenters. The van der Waals surface area contributed by atoms with Crippen molar-refractivity contribution in [2.75, 3.05) is 6.54 Å². The predicted octanol–water partition coefficient (Wildman–Crippen LogP) is 2.30. The van der Waals surface area contributed by atoms with E-state index in [0.717, 1.165) is 25.7 Å². The molecule has 1 saturated carbocycles. The van der Waals surface area contributed by atoms with Crippen LogP contribution >= 0.6 is 0 Å². The Balaban J connectivity index is 2.33. The summed E-state index contributed by atoms with van der Waals surface area (Å²) in [6.07, 6.45) is 5.11. The average molecular weight is 314 g/mol. The molecule has 21 heavy (non-hydrogen) atoms. The van der Waals surface area contributed by atoms with Gasteiger partial charge in [-0.05, 0) is 24.8 Å². The number of rotatable bonds is 6. The third kappa shape index (κ3) is 3.47. The van der Waals surface area contributed by atoms with Crippen LogP contribution in [0.15, 0.2) is 17.2 Å². The first-order valence-corrected chi connectivity index (χ1v) is 8.70. The van der Waals surface area contributed by atoms with Crippen LogP contribution < -0.4 is 0 Å². The molecule has 1 fully saturated rings. The Hall–Kier alpha value is -1.34. The highest BCUT2D eigenvalue weighted by Crippen LogP contribution is 2.29. The SMILES string of the molecule is CC(C)CN(C1CCCC1)S(=O)(=O)c1c[nH]c(C(=O)O)c1. The van der Waals surface area contributed by atoms with Crippen LogP contribution in [0.1, 0.15) is 50.0 Å². The minimum atomic E-state index is -3.65. The molecule has 1 aliphatic carbocycles. The van der Waals surface area contributed by atoms with Gasteiger partial charge >= 0.3 is 5.97 Å². The van der Waals surface area contributed by atoms with Crippen LogP contribution in [-0.4, -0.2) is 41.4 Å². The van der Waals surface area contributed by atoms with Crippen molar-refractivity contribution < 1.29 is 18.3 Å². The van der Waals surface area contributed by atoms with Crippen LogP contribution in [0.5, 0.6) is 0 Å². The normalized spacial score (nSPS) is 17.0. The quantitative estimate of drug-likeness (QED) is 0.843. The lowest BCUT2D eigenvalue weighted by Gasteiger charge is -2.29. The highest BCUT2D eigenvalue weighted by molar-refractivity contribution is 7.89. The second kappa shape index (κ2) is 6.19. The molecule has 0 aliphatic heterocycles. The van der Waals surface area contributed by atoms with Gasteiger partial charge in [-0.15, -0.1) is 0 Å². The molecule has 0 radical (unpaired) electrons. The molecule has 1 aromatic rings. The maximum Gasteiger partial charge on any atom is 0.352 e. The van der Waals surface area contributed by atoms with Crippen LogP contribution in [0.4, 0.5) is 0 Å². The number of carbonyl (C=O) groups is 1. The lowest BCUT2D eigenvalue weighted by Crippen LogP contribution is -2.41. The molecule has 2 rings (SSSR count). The Labute approximate surface area is 125 Å². The molecule has 6 nitrogen and oxygen atoms in total. The molecular weight excluding hydrogens is 292 g/mol. The molecule has 0 saturated heterocycles. The Kier molecular flexibility index (Phi) is 4.73. The van der Waals surface area contributed by atoms with E-state index in [4.69, 9.17) is 5.11 Å². The molecular formula is C14H22N2O4S. The summed E-state index contributed by atoms with van der Waals surface area (Å²) < 4.78 is 27.2. The summed E-state index contributed by atoms with van der Waals surface area (Å²) in [6, 6.07) is 1.22. The van der Waals surface area contributed by atoms with E-state index in [1.165, 1.54) is 12.3 Å². The summed E-state index contributed by atoms with van der Waals surface area (Å²) in [5.41, 5.74) is -0.107. The number of H-pyrrole nitrogens is 1. The maximum absolute atomic E-state index is 12.8. The molecule has 1 heterocycles. The average Bonchev–Trinajstić information content (AvgIpc) is 3.06. The van der Waals surface area contributed by atoms with Crippen molar-refractivity contribution in [3.8, 4) is 0 Å². The van der Waals surface area contributed by atoms with Gasteiger partial charge in [0.05, 0.1) is 0 Å². The maximum atomic E-state index is 12.8. The number of aromatic amines is 1. The second-order valence-electron chi connectivity index (χ2n) is 5.96. The highest BCUT2D eigenvalue weighted by atomic mass is 32.2. The van der Waals surface area contributed by atoms with Crippen LogP contribution in [-0.2, 0) is 10.0 Å². The largest absolute Gasteiger partial charge is 0.477 e. The van der Waals surface area contributed by atoms with Gasteiger partial charge in [0, 0.05) is 18.8 Å². The Bertz CT molecular complexity index is 600. The zero-order valence-corrected chi connectivity index (χ0v) is 13.2. The standard InChI is InChI=1S/C14H22N2O4S/c1-10(2)9-16(11-5-3-4-6-11)21(19,20)12-7-13(14(17)18)15-8-12/h7-8,10-11,15H,3-6,9H2,1-2H3,(H,17,18). The van der Waals surface area contributed by atoms with E-state index in [9.17, 15) is 13.2 Å². The summed E-state index contributed by atoms with van der Waals surface area (Å²) in [7, 11) is -3.65. The fourth-order valence-electron chi connectivity index (χ4n) is 2.78. The molecule has 0 amide bonds. The molecule has 1 aliphatic rings. The fourth-order valence-corrected chi connectivity index (χ4v) is 4.62. The molecule has 1 aromatic heterocycles. The number of sulfonamides is 1. The Morgan fingerprint density at radius 3 is 2.52 bits per heavy atom. The molecule has 0 aromatic carbocycles. The number of nitrogens with zero attached hydrogens (tertiary/aromatic N) is 1. The smallest absolute Gasteiger partial charge is 0.352 e. The van der Waals surface area contributed by atoms with Crippen LogP contribution in [0, 0.1) is 5.92 Å². The number of hydrogen-bond donors (Lipinski definition) is 2. The van der Waals surface area contributed by atoms with Crippen molar-refractivity contribution in [2.24, 2.45) is 5.92 Å². The van der Waals surface area contributed by atoms with E-state index in [0.29, 0.717) is 6.54 Å². The van der Waals surface area contributed by atoms with Crippen LogP contribution in [0.25, 0.3) is 0 Å². The minimum absolute atomic E-state index is 0.0283. The third-order valence-corrected chi connectivity index (χ3v) is 5.67. The van der Waals surface area contributed by atoms with E-state index in [1.54, 1.807) is 4.31 Å². The van der Waals surface area contributed by atoms with E-state index >= 15 is 0 Å². The summed E-state index contributed by atoms with van der Waals surface area (Å²) in [4.78, 5) is 13.4. The summed E-state index contributed by atoms with van der Waals surface area (Å²) in [5, 5.41) is 8.92. The van der Waals surface area contributed by atoms with Crippen molar-refractivity contribution in [3.05, 3.63) is 18.0 Å². The van der Waals surface area contributed by atoms with Crippen molar-refractivity contribution in [2.45, 2.75) is 50.5 Å². The van der Waals surface area contributed by atoms with Crippen LogP contribution in [0.3, 0.4) is 0 Å². The van der Waals surface area contributed by atoms with Gasteiger partial charge in [-0.3, -0.25) is 0 Å². The monoisotopic (exact) mass is 314 g/mol. The number of aromatic nitrogens is 1. The lowest BCUT2D eigenvalue weighted by atomic mass is 10.2. The van der Waals surface area contributed by atoms with Gasteiger partial charge in [-0.2, -0.15) is 4.31 Å². The molecule has 118 valence electrons. The van der Waals surface area contributed by atoms with Crippen molar-refractivity contribution in [3.63, 3.8) is 0 Å². The summed E-state index contributed by atoms with van der Waals surface area (Å²) >= 11 is 0. The first-order chi connectivity index (χ1) is 9.82. The fraction of sp³-hybridized carbons (Fsp3) is 0.643. The van der Waals surface area contributed by atoms with Crippen molar-refractivity contribution in [1.82, 2.24) is 9.29 Å². The Morgan fingerprint density at radius 2 is 2.05 bits per heavy atom. The summed E-state index contributed by atoms with van der Waals surface area (Å²) in [5.74, 6) is -0.939. The van der Waals surface area contributed by atoms with E-state index in [2.05, 4.69) is 4.98 Å². The number of hydrogen-bond acceptors (Lipinski definition) is 3. The zero-order chi connectivity index (χ0) is 15.6. The minimum Gasteiger partial charge on any atom is -0.477 e. The summed E-state index contributed by atoms with van der Waals surface area (Å²) in [6.45, 7) is 4.43. The van der Waals surface area contributed by atoms with Gasteiger partial charge in [0.2, 0.25) is 10.0 Å². The molecule has 2 N–H and O–H groups in total. The number of nitrogens with one attached hydrogen (secondary N) is 1. The van der Waals surface area contributed by atoms with Gasteiger partial charge in [-0.1, -0.05) is 26.7 Å². The zero-order valence-electron chi connectivity index (χ0n) is 12.4. The van der Waals surface area contributed by atoms with E-state index in [-0.39, 0.29) is 22.5 Å². The third-order valence-electron chi connectivity index (χ3n) is 3.77. The van der Waals surface area contributed by atoms with Gasteiger partial charge in [0.25, 0.3) is 0 Å².